The summed E-state index contributed by atoms with van der Waals surface area (Å²) in [6.45, 7) is 3.02. The van der Waals surface area contributed by atoms with Crippen molar-refractivity contribution in [2.45, 2.75) is 57.3 Å². The number of ether oxygens (including phenoxy) is 1. The third kappa shape index (κ3) is 3.58. The van der Waals surface area contributed by atoms with Crippen molar-refractivity contribution in [1.82, 2.24) is 10.2 Å². The molecule has 2 fully saturated rings. The highest BCUT2D eigenvalue weighted by Crippen LogP contribution is 2.29. The van der Waals surface area contributed by atoms with Crippen molar-refractivity contribution in [3.8, 4) is 0 Å². The predicted octanol–water partition coefficient (Wildman–Crippen LogP) is 2.49. The van der Waals surface area contributed by atoms with Crippen LogP contribution in [0.4, 0.5) is 0 Å². The van der Waals surface area contributed by atoms with Crippen LogP contribution in [-0.2, 0) is 14.3 Å². The Bertz CT molecular complexity index is 540. The minimum Gasteiger partial charge on any atom is -0.365 e. The summed E-state index contributed by atoms with van der Waals surface area (Å²) in [4.78, 5) is 27.9. The van der Waals surface area contributed by atoms with Gasteiger partial charge >= 0.3 is 0 Å². The number of piperazine rings is 1. The molecule has 1 aliphatic carbocycles. The summed E-state index contributed by atoms with van der Waals surface area (Å²) in [5.74, 6) is -0.143. The van der Waals surface area contributed by atoms with Crippen LogP contribution in [0.1, 0.15) is 49.9 Å². The van der Waals surface area contributed by atoms with Gasteiger partial charge < -0.3 is 15.0 Å². The first-order valence-electron chi connectivity index (χ1n) is 8.47. The lowest BCUT2D eigenvalue weighted by atomic mass is 10.1. The van der Waals surface area contributed by atoms with Gasteiger partial charge in [0.2, 0.25) is 5.91 Å². The average Bonchev–Trinajstić information content (AvgIpc) is 3.25. The van der Waals surface area contributed by atoms with E-state index in [9.17, 15) is 9.59 Å². The average molecular weight is 336 g/mol. The molecule has 2 amide bonds. The van der Waals surface area contributed by atoms with Gasteiger partial charge in [-0.15, -0.1) is 11.3 Å². The Balaban J connectivity index is 1.75. The molecule has 1 aromatic heterocycles. The highest BCUT2D eigenvalue weighted by Gasteiger charge is 2.38. The van der Waals surface area contributed by atoms with E-state index >= 15 is 0 Å². The maximum absolute atomic E-state index is 13.0. The van der Waals surface area contributed by atoms with Gasteiger partial charge in [0, 0.05) is 18.0 Å². The second-order valence-electron chi connectivity index (χ2n) is 6.18. The molecule has 0 bridgehead atoms. The highest BCUT2D eigenvalue weighted by molar-refractivity contribution is 7.10. The Morgan fingerprint density at radius 2 is 2.26 bits per heavy atom. The standard InChI is InChI=1S/C17H24N2O3S/c1-2-13(22-12-6-3-4-7-12)17(21)19-10-9-18-16(20)15(19)14-8-5-11-23-14/h5,8,11-13,15H,2-4,6-7,9-10H2,1H3,(H,18,20)/t13-,15-/m1/s1. The molecule has 0 aromatic carbocycles. The zero-order valence-corrected chi connectivity index (χ0v) is 14.3. The Kier molecular flexibility index (Phi) is 5.33. The van der Waals surface area contributed by atoms with E-state index in [1.54, 1.807) is 4.90 Å². The van der Waals surface area contributed by atoms with Crippen LogP contribution in [0.25, 0.3) is 0 Å². The van der Waals surface area contributed by atoms with Gasteiger partial charge in [0.05, 0.1) is 6.10 Å². The summed E-state index contributed by atoms with van der Waals surface area (Å²) in [6.07, 6.45) is 4.84. The van der Waals surface area contributed by atoms with E-state index < -0.39 is 12.1 Å². The van der Waals surface area contributed by atoms with Crippen LogP contribution in [0.15, 0.2) is 17.5 Å². The molecule has 0 unspecified atom stereocenters. The van der Waals surface area contributed by atoms with E-state index in [1.165, 1.54) is 24.2 Å². The summed E-state index contributed by atoms with van der Waals surface area (Å²) in [5, 5.41) is 4.81. The molecule has 126 valence electrons. The summed E-state index contributed by atoms with van der Waals surface area (Å²) in [7, 11) is 0. The lowest BCUT2D eigenvalue weighted by Crippen LogP contribution is -2.54. The van der Waals surface area contributed by atoms with Gasteiger partial charge in [0.15, 0.2) is 0 Å². The number of rotatable bonds is 5. The monoisotopic (exact) mass is 336 g/mol. The zero-order chi connectivity index (χ0) is 16.2. The fourth-order valence-corrected chi connectivity index (χ4v) is 4.24. The van der Waals surface area contributed by atoms with Crippen LogP contribution in [0.2, 0.25) is 0 Å². The number of hydrogen-bond acceptors (Lipinski definition) is 4. The quantitative estimate of drug-likeness (QED) is 0.899. The number of carbonyl (C=O) groups excluding carboxylic acids is 2. The molecule has 1 aromatic rings. The Hall–Kier alpha value is -1.40. The molecule has 3 rings (SSSR count). The van der Waals surface area contributed by atoms with Crippen molar-refractivity contribution in [1.29, 1.82) is 0 Å². The van der Waals surface area contributed by atoms with Crippen molar-refractivity contribution in [2.24, 2.45) is 0 Å². The van der Waals surface area contributed by atoms with Gasteiger partial charge in [-0.05, 0) is 30.7 Å². The number of amides is 2. The second-order valence-corrected chi connectivity index (χ2v) is 7.16. The van der Waals surface area contributed by atoms with Crippen molar-refractivity contribution in [2.75, 3.05) is 13.1 Å². The topological polar surface area (TPSA) is 58.6 Å². The second kappa shape index (κ2) is 7.45. The maximum Gasteiger partial charge on any atom is 0.252 e. The van der Waals surface area contributed by atoms with Crippen LogP contribution >= 0.6 is 11.3 Å². The van der Waals surface area contributed by atoms with Crippen molar-refractivity contribution >= 4 is 23.2 Å². The van der Waals surface area contributed by atoms with E-state index in [-0.39, 0.29) is 17.9 Å². The molecule has 23 heavy (non-hydrogen) atoms. The molecule has 1 saturated carbocycles. The van der Waals surface area contributed by atoms with E-state index in [4.69, 9.17) is 4.74 Å². The van der Waals surface area contributed by atoms with Gasteiger partial charge in [0.1, 0.15) is 12.1 Å². The highest BCUT2D eigenvalue weighted by atomic mass is 32.1. The molecule has 0 radical (unpaired) electrons. The SMILES string of the molecule is CC[C@@H](OC1CCCC1)C(=O)N1CCNC(=O)[C@H]1c1cccs1. The van der Waals surface area contributed by atoms with E-state index in [0.29, 0.717) is 19.5 Å². The summed E-state index contributed by atoms with van der Waals surface area (Å²) >= 11 is 1.51. The molecule has 2 heterocycles. The molecule has 1 aliphatic heterocycles. The fourth-order valence-electron chi connectivity index (χ4n) is 3.40. The van der Waals surface area contributed by atoms with Crippen molar-refractivity contribution < 1.29 is 14.3 Å². The van der Waals surface area contributed by atoms with E-state index in [0.717, 1.165) is 17.7 Å². The lowest BCUT2D eigenvalue weighted by Gasteiger charge is -2.37. The first-order chi connectivity index (χ1) is 11.2. The number of nitrogens with one attached hydrogen (secondary N) is 1. The normalized spacial score (nSPS) is 23.8. The molecular weight excluding hydrogens is 312 g/mol. The third-order valence-corrected chi connectivity index (χ3v) is 5.54. The summed E-state index contributed by atoms with van der Waals surface area (Å²) in [5.41, 5.74) is 0. The summed E-state index contributed by atoms with van der Waals surface area (Å²) in [6, 6.07) is 3.31. The Morgan fingerprint density at radius 3 is 2.91 bits per heavy atom. The predicted molar refractivity (Wildman–Crippen MR) is 89.2 cm³/mol. The van der Waals surface area contributed by atoms with Gasteiger partial charge in [-0.2, -0.15) is 0 Å². The number of nitrogens with zero attached hydrogens (tertiary/aromatic N) is 1. The van der Waals surface area contributed by atoms with Crippen LogP contribution < -0.4 is 5.32 Å². The third-order valence-electron chi connectivity index (χ3n) is 4.61. The number of carbonyl (C=O) groups is 2. The van der Waals surface area contributed by atoms with Gasteiger partial charge in [-0.25, -0.2) is 0 Å². The first-order valence-corrected chi connectivity index (χ1v) is 9.35. The van der Waals surface area contributed by atoms with Crippen molar-refractivity contribution in [3.05, 3.63) is 22.4 Å². The number of thiophene rings is 1. The summed E-state index contributed by atoms with van der Waals surface area (Å²) < 4.78 is 6.06. The van der Waals surface area contributed by atoms with Gasteiger partial charge in [0.25, 0.3) is 5.91 Å². The molecule has 2 atom stereocenters. The Labute approximate surface area is 141 Å². The van der Waals surface area contributed by atoms with Gasteiger partial charge in [-0.1, -0.05) is 25.8 Å². The fraction of sp³-hybridized carbons (Fsp3) is 0.647. The number of hydrogen-bond donors (Lipinski definition) is 1. The minimum absolute atomic E-state index is 0.0485. The largest absolute Gasteiger partial charge is 0.365 e. The molecule has 1 saturated heterocycles. The minimum atomic E-state index is -0.516. The molecule has 6 heteroatoms. The van der Waals surface area contributed by atoms with E-state index in [2.05, 4.69) is 5.32 Å². The van der Waals surface area contributed by atoms with Crippen LogP contribution in [-0.4, -0.2) is 42.0 Å². The zero-order valence-electron chi connectivity index (χ0n) is 13.5. The van der Waals surface area contributed by atoms with E-state index in [1.807, 2.05) is 24.4 Å². The molecule has 5 nitrogen and oxygen atoms in total. The molecular formula is C17H24N2O3S. The molecule has 0 spiro atoms. The molecule has 1 N–H and O–H groups in total. The lowest BCUT2D eigenvalue weighted by molar-refractivity contribution is -0.155. The first kappa shape index (κ1) is 16.5. The smallest absolute Gasteiger partial charge is 0.252 e. The van der Waals surface area contributed by atoms with Crippen LogP contribution in [0.3, 0.4) is 0 Å². The van der Waals surface area contributed by atoms with Crippen LogP contribution in [0.5, 0.6) is 0 Å². The maximum atomic E-state index is 13.0. The van der Waals surface area contributed by atoms with Crippen LogP contribution in [0, 0.1) is 0 Å². The van der Waals surface area contributed by atoms with Crippen molar-refractivity contribution in [3.63, 3.8) is 0 Å². The molecule has 2 aliphatic rings. The van der Waals surface area contributed by atoms with Gasteiger partial charge in [-0.3, -0.25) is 9.59 Å². The Morgan fingerprint density at radius 1 is 1.48 bits per heavy atom.